The van der Waals surface area contributed by atoms with Gasteiger partial charge in [0, 0.05) is 10.9 Å². The molecule has 2 aromatic rings. The van der Waals surface area contributed by atoms with Crippen LogP contribution in [0.3, 0.4) is 0 Å². The largest absolute Gasteiger partial charge is 2.00 e. The van der Waals surface area contributed by atoms with Gasteiger partial charge >= 0.3 is 18.6 Å². The van der Waals surface area contributed by atoms with Gasteiger partial charge in [0.2, 0.25) is 0 Å². The number of hydrogen-bond acceptors (Lipinski definition) is 1. The van der Waals surface area contributed by atoms with Crippen molar-refractivity contribution in [2.75, 3.05) is 0 Å². The third-order valence-electron chi connectivity index (χ3n) is 4.34. The summed E-state index contributed by atoms with van der Waals surface area (Å²) in [5.74, 6) is 0.880. The Hall–Kier alpha value is -1.16. The van der Waals surface area contributed by atoms with E-state index in [2.05, 4.69) is 90.9 Å². The van der Waals surface area contributed by atoms with E-state index in [0.29, 0.717) is 11.8 Å². The Bertz CT molecular complexity index is 700. The summed E-state index contributed by atoms with van der Waals surface area (Å²) in [4.78, 5) is 0. The van der Waals surface area contributed by atoms with E-state index < -0.39 is 8.07 Å². The van der Waals surface area contributed by atoms with Gasteiger partial charge in [-0.1, -0.05) is 106 Å². The molecule has 0 saturated heterocycles. The van der Waals surface area contributed by atoms with Gasteiger partial charge < -0.3 is 10.4 Å². The Morgan fingerprint density at radius 1 is 0.857 bits per heavy atom. The van der Waals surface area contributed by atoms with E-state index >= 15 is 0 Å². The van der Waals surface area contributed by atoms with Crippen LogP contribution in [0.2, 0.25) is 19.6 Å². The number of para-hydroxylation sites is 2. The van der Waals surface area contributed by atoms with Gasteiger partial charge in [-0.25, -0.2) is 0 Å². The molecule has 156 valence electrons. The fraction of sp³-hybridized carbons (Fsp3) is 0.458. The number of benzene rings is 2. The first-order valence-corrected chi connectivity index (χ1v) is 13.4. The fourth-order valence-corrected chi connectivity index (χ4v) is 3.27. The average Bonchev–Trinajstić information content (AvgIpc) is 2.53. The smallest absolute Gasteiger partial charge is 0.872 e. The van der Waals surface area contributed by atoms with Gasteiger partial charge in [-0.05, 0) is 25.7 Å². The first kappa shape index (κ1) is 26.8. The van der Waals surface area contributed by atoms with Crippen LogP contribution in [-0.4, -0.2) is 8.07 Å². The van der Waals surface area contributed by atoms with E-state index in [1.807, 2.05) is 18.2 Å². The molecule has 0 unspecified atom stereocenters. The second kappa shape index (κ2) is 11.7. The molecule has 0 amide bonds. The normalized spacial score (nSPS) is 11.0. The van der Waals surface area contributed by atoms with Gasteiger partial charge in [0.25, 0.3) is 0 Å². The fourth-order valence-electron chi connectivity index (χ4n) is 2.75. The van der Waals surface area contributed by atoms with Gasteiger partial charge in [0.05, 0.1) is 0 Å². The van der Waals surface area contributed by atoms with Crippen molar-refractivity contribution in [2.24, 2.45) is 0 Å². The van der Waals surface area contributed by atoms with Crippen molar-refractivity contribution in [3.63, 3.8) is 0 Å². The van der Waals surface area contributed by atoms with Gasteiger partial charge in [-0.3, -0.25) is 0 Å². The summed E-state index contributed by atoms with van der Waals surface area (Å²) in [5.41, 5.74) is 5.55. The quantitative estimate of drug-likeness (QED) is 0.439. The summed E-state index contributed by atoms with van der Waals surface area (Å²) in [6.45, 7) is 19.3. The van der Waals surface area contributed by atoms with Gasteiger partial charge in [-0.15, -0.1) is 17.6 Å². The maximum Gasteiger partial charge on any atom is 2.00 e. The van der Waals surface area contributed by atoms with Gasteiger partial charge in [0.1, 0.15) is 0 Å². The Morgan fingerprint density at radius 2 is 1.25 bits per heavy atom. The maximum absolute atomic E-state index is 11.9. The Balaban J connectivity index is -0.000000443. The van der Waals surface area contributed by atoms with Gasteiger partial charge in [0.15, 0.2) is 0 Å². The summed E-state index contributed by atoms with van der Waals surface area (Å²) in [5, 5.41) is 16.5. The summed E-state index contributed by atoms with van der Waals surface area (Å²) in [6.07, 6.45) is 2.16. The van der Waals surface area contributed by atoms with E-state index in [0.717, 1.165) is 16.8 Å². The Morgan fingerprint density at radius 3 is 1.61 bits per heavy atom. The van der Waals surface area contributed by atoms with Crippen molar-refractivity contribution < 1.29 is 26.5 Å². The minimum Gasteiger partial charge on any atom is -0.872 e. The molecule has 0 aliphatic rings. The van der Waals surface area contributed by atoms with E-state index in [4.69, 9.17) is 0 Å². The first-order valence-electron chi connectivity index (χ1n) is 9.85. The molecule has 0 saturated carbocycles. The molecule has 0 aliphatic heterocycles. The van der Waals surface area contributed by atoms with Crippen LogP contribution < -0.4 is 5.11 Å². The zero-order valence-corrected chi connectivity index (χ0v) is 21.4. The summed E-state index contributed by atoms with van der Waals surface area (Å²) >= 11 is 0. The first-order chi connectivity index (χ1) is 12.4. The van der Waals surface area contributed by atoms with Crippen LogP contribution in [0.5, 0.6) is 5.75 Å². The van der Waals surface area contributed by atoms with Crippen molar-refractivity contribution in [3.05, 3.63) is 70.1 Å². The van der Waals surface area contributed by atoms with E-state index in [1.54, 1.807) is 0 Å². The molecule has 0 aromatic heterocycles. The third kappa shape index (κ3) is 8.47. The Kier molecular flexibility index (Phi) is 11.3. The molecule has 0 fully saturated rings. The van der Waals surface area contributed by atoms with Crippen LogP contribution in [-0.2, 0) is 18.6 Å². The van der Waals surface area contributed by atoms with Crippen LogP contribution in [0.1, 0.15) is 64.6 Å². The second-order valence-corrected chi connectivity index (χ2v) is 13.9. The van der Waals surface area contributed by atoms with Crippen molar-refractivity contribution >= 4 is 13.8 Å². The number of aryl methyl sites for hydroxylation is 2. The van der Waals surface area contributed by atoms with E-state index in [-0.39, 0.29) is 27.2 Å². The summed E-state index contributed by atoms with van der Waals surface area (Å²) in [7, 11) is -1.18. The van der Waals surface area contributed by atoms with Gasteiger partial charge in [-0.2, -0.15) is 0 Å². The van der Waals surface area contributed by atoms with Crippen LogP contribution in [0, 0.1) is 20.0 Å². The van der Waals surface area contributed by atoms with Crippen LogP contribution in [0.15, 0.2) is 36.4 Å². The SMILES string of the molecule is CC(C)c1cccc(C(C)C)c1[O-].Cc1cccc(C)c1[N-][CH][Si](C)(C)C.[HH].[HH].[V+2]. The van der Waals surface area contributed by atoms with E-state index in [9.17, 15) is 5.11 Å². The molecule has 0 atom stereocenters. The molecule has 0 N–H and O–H groups in total. The predicted octanol–water partition coefficient (Wildman–Crippen LogP) is 7.84. The molecule has 0 aliphatic carbocycles. The summed E-state index contributed by atoms with van der Waals surface area (Å²) in [6, 6.07) is 12.1. The standard InChI is InChI=1S/C12H19NSi.C12H18O.V.2H2/c1-10-7-6-8-11(2)12(10)13-9-14(3,4)5;1-8(2)10-6-5-7-11(9(3)4)12(10)13;;;/h6-9H,1-5H3;5-9,13H,1-4H3;;2*1H/q-1;;+2;;/p-1. The van der Waals surface area contributed by atoms with Crippen molar-refractivity contribution in [1.82, 2.24) is 0 Å². The minimum absolute atomic E-state index is 0. The van der Waals surface area contributed by atoms with Crippen LogP contribution in [0.25, 0.3) is 5.32 Å². The van der Waals surface area contributed by atoms with Crippen molar-refractivity contribution in [3.8, 4) is 5.75 Å². The zero-order valence-electron chi connectivity index (χ0n) is 19.0. The predicted molar refractivity (Wildman–Crippen MR) is 125 cm³/mol. The molecule has 4 heteroatoms. The molecule has 2 nitrogen and oxygen atoms in total. The second-order valence-electron chi connectivity index (χ2n) is 8.94. The molecule has 0 heterocycles. The molecule has 2 aromatic carbocycles. The van der Waals surface area contributed by atoms with Crippen molar-refractivity contribution in [2.45, 2.75) is 73.0 Å². The molecular weight excluding hydrogens is 397 g/mol. The molecule has 2 radical (unpaired) electrons. The molecule has 2 rings (SSSR count). The average molecular weight is 438 g/mol. The monoisotopic (exact) mass is 437 g/mol. The van der Waals surface area contributed by atoms with Crippen molar-refractivity contribution in [1.29, 1.82) is 0 Å². The minimum atomic E-state index is -1.18. The number of rotatable bonds is 5. The number of hydrogen-bond donors (Lipinski definition) is 0. The maximum atomic E-state index is 11.9. The summed E-state index contributed by atoms with van der Waals surface area (Å²) < 4.78 is 0. The number of nitrogens with zero attached hydrogens (tertiary/aromatic N) is 1. The molecule has 28 heavy (non-hydrogen) atoms. The topological polar surface area (TPSA) is 37.2 Å². The zero-order chi connectivity index (χ0) is 20.8. The van der Waals surface area contributed by atoms with E-state index in [1.165, 1.54) is 11.1 Å². The molecule has 0 bridgehead atoms. The Labute approximate surface area is 189 Å². The van der Waals surface area contributed by atoms with Crippen LogP contribution >= 0.6 is 0 Å². The van der Waals surface area contributed by atoms with Crippen LogP contribution in [0.4, 0.5) is 5.69 Å². The molecule has 0 spiro atoms. The third-order valence-corrected chi connectivity index (χ3v) is 5.24. The molecular formula is C24H40NOSiV.